The summed E-state index contributed by atoms with van der Waals surface area (Å²) in [5.74, 6) is 0.549. The third-order valence-electron chi connectivity index (χ3n) is 5.75. The van der Waals surface area contributed by atoms with Crippen LogP contribution in [0.5, 0.6) is 11.5 Å². The fraction of sp³-hybridized carbons (Fsp3) is 0.143. The van der Waals surface area contributed by atoms with E-state index in [0.29, 0.717) is 43.8 Å². The number of methoxy groups -OCH3 is 1. The summed E-state index contributed by atoms with van der Waals surface area (Å²) < 4.78 is 28.3. The van der Waals surface area contributed by atoms with E-state index in [-0.39, 0.29) is 22.4 Å². The SMILES string of the molecule is CCOc1ccc(-n2c(=S)sc3c(=O)n(-c4ccc(F)cc4)c(SCC(=O)Nc4cccc(OC)c4)nc32)cc1. The summed E-state index contributed by atoms with van der Waals surface area (Å²) in [5.41, 5.74) is 1.72. The van der Waals surface area contributed by atoms with Gasteiger partial charge in [0.05, 0.1) is 25.2 Å². The second-order valence-electron chi connectivity index (χ2n) is 8.36. The second-order valence-corrected chi connectivity index (χ2v) is 10.9. The standard InChI is InChI=1S/C28H23FN4O4S3/c1-3-37-21-13-11-19(12-14-21)32-25-24(40-28(32)38)26(35)33(20-9-7-17(29)8-10-20)27(31-25)39-16-23(34)30-18-5-4-6-22(15-18)36-2/h4-15H,3,16H2,1-2H3,(H,30,34). The molecule has 5 aromatic rings. The Labute approximate surface area is 242 Å². The van der Waals surface area contributed by atoms with E-state index in [4.69, 9.17) is 26.7 Å². The number of hydrogen-bond acceptors (Lipinski definition) is 8. The summed E-state index contributed by atoms with van der Waals surface area (Å²) in [6.45, 7) is 2.44. The number of ether oxygens (including phenoxy) is 2. The molecule has 0 aliphatic rings. The van der Waals surface area contributed by atoms with Gasteiger partial charge in [-0.1, -0.05) is 29.2 Å². The molecule has 3 aromatic carbocycles. The van der Waals surface area contributed by atoms with Crippen molar-refractivity contribution in [1.82, 2.24) is 14.1 Å². The van der Waals surface area contributed by atoms with Gasteiger partial charge in [-0.2, -0.15) is 0 Å². The van der Waals surface area contributed by atoms with Crippen LogP contribution in [0.4, 0.5) is 10.1 Å². The Bertz CT molecular complexity index is 1800. The molecule has 1 amide bonds. The first-order valence-electron chi connectivity index (χ1n) is 12.1. The highest BCUT2D eigenvalue weighted by atomic mass is 32.2. The van der Waals surface area contributed by atoms with Crippen LogP contribution in [-0.2, 0) is 4.79 Å². The van der Waals surface area contributed by atoms with Crippen molar-refractivity contribution in [2.24, 2.45) is 0 Å². The number of aromatic nitrogens is 3. The van der Waals surface area contributed by atoms with E-state index in [1.165, 1.54) is 28.8 Å². The lowest BCUT2D eigenvalue weighted by molar-refractivity contribution is -0.113. The number of carbonyl (C=O) groups excluding carboxylic acids is 1. The predicted molar refractivity (Wildman–Crippen MR) is 159 cm³/mol. The smallest absolute Gasteiger partial charge is 0.278 e. The van der Waals surface area contributed by atoms with Gasteiger partial charge in [0.1, 0.15) is 22.0 Å². The number of rotatable bonds is 9. The molecule has 40 heavy (non-hydrogen) atoms. The van der Waals surface area contributed by atoms with Crippen molar-refractivity contribution in [3.63, 3.8) is 0 Å². The van der Waals surface area contributed by atoms with E-state index in [0.717, 1.165) is 28.8 Å². The van der Waals surface area contributed by atoms with Crippen LogP contribution in [0.25, 0.3) is 21.7 Å². The van der Waals surface area contributed by atoms with Gasteiger partial charge in [-0.05, 0) is 79.8 Å². The largest absolute Gasteiger partial charge is 0.497 e. The molecule has 1 N–H and O–H groups in total. The lowest BCUT2D eigenvalue weighted by Gasteiger charge is -2.13. The molecule has 0 saturated carbocycles. The van der Waals surface area contributed by atoms with Gasteiger partial charge in [0.15, 0.2) is 14.8 Å². The summed E-state index contributed by atoms with van der Waals surface area (Å²) in [6, 6.07) is 19.9. The number of nitrogens with one attached hydrogen (secondary N) is 1. The topological polar surface area (TPSA) is 87.4 Å². The minimum Gasteiger partial charge on any atom is -0.497 e. The van der Waals surface area contributed by atoms with Crippen molar-refractivity contribution in [1.29, 1.82) is 0 Å². The van der Waals surface area contributed by atoms with Gasteiger partial charge < -0.3 is 14.8 Å². The van der Waals surface area contributed by atoms with Crippen LogP contribution in [0.15, 0.2) is 82.7 Å². The number of fused-ring (bicyclic) bond motifs is 1. The maximum absolute atomic E-state index is 13.8. The quantitative estimate of drug-likeness (QED) is 0.123. The van der Waals surface area contributed by atoms with Crippen LogP contribution in [0.2, 0.25) is 0 Å². The first kappa shape index (κ1) is 27.6. The minimum absolute atomic E-state index is 0.0374. The fourth-order valence-corrected chi connectivity index (χ4v) is 6.07. The van der Waals surface area contributed by atoms with Crippen LogP contribution < -0.4 is 20.3 Å². The van der Waals surface area contributed by atoms with E-state index in [1.54, 1.807) is 35.9 Å². The third-order valence-corrected chi connectivity index (χ3v) is 8.04. The number of thiazole rings is 1. The van der Waals surface area contributed by atoms with Crippen LogP contribution in [0.1, 0.15) is 6.92 Å². The molecule has 5 rings (SSSR count). The monoisotopic (exact) mass is 594 g/mol. The number of anilines is 1. The van der Waals surface area contributed by atoms with Gasteiger partial charge >= 0.3 is 0 Å². The Morgan fingerprint density at radius 1 is 1.05 bits per heavy atom. The highest BCUT2D eigenvalue weighted by Crippen LogP contribution is 2.28. The summed E-state index contributed by atoms with van der Waals surface area (Å²) in [5, 5.41) is 3.09. The van der Waals surface area contributed by atoms with Crippen LogP contribution >= 0.6 is 35.3 Å². The van der Waals surface area contributed by atoms with Gasteiger partial charge in [0.25, 0.3) is 5.56 Å². The van der Waals surface area contributed by atoms with Crippen molar-refractivity contribution < 1.29 is 18.7 Å². The average molecular weight is 595 g/mol. The van der Waals surface area contributed by atoms with E-state index in [1.807, 2.05) is 31.2 Å². The van der Waals surface area contributed by atoms with Gasteiger partial charge in [0, 0.05) is 17.4 Å². The Kier molecular flexibility index (Phi) is 8.29. The van der Waals surface area contributed by atoms with E-state index in [9.17, 15) is 14.0 Å². The Balaban J connectivity index is 1.56. The summed E-state index contributed by atoms with van der Waals surface area (Å²) in [7, 11) is 1.55. The summed E-state index contributed by atoms with van der Waals surface area (Å²) in [6.07, 6.45) is 0. The molecular weight excluding hydrogens is 572 g/mol. The molecule has 0 radical (unpaired) electrons. The van der Waals surface area contributed by atoms with Gasteiger partial charge in [-0.25, -0.2) is 9.37 Å². The lowest BCUT2D eigenvalue weighted by atomic mass is 10.3. The zero-order valence-corrected chi connectivity index (χ0v) is 23.9. The maximum atomic E-state index is 13.8. The van der Waals surface area contributed by atoms with E-state index in [2.05, 4.69) is 5.32 Å². The molecule has 0 unspecified atom stereocenters. The highest BCUT2D eigenvalue weighted by molar-refractivity contribution is 7.99. The molecule has 204 valence electrons. The molecule has 2 aromatic heterocycles. The summed E-state index contributed by atoms with van der Waals surface area (Å²) >= 11 is 7.86. The maximum Gasteiger partial charge on any atom is 0.278 e. The zero-order valence-electron chi connectivity index (χ0n) is 21.4. The number of hydrogen-bond donors (Lipinski definition) is 1. The fourth-order valence-electron chi connectivity index (χ4n) is 3.96. The molecular formula is C28H23FN4O4S3. The highest BCUT2D eigenvalue weighted by Gasteiger charge is 2.20. The number of carbonyl (C=O) groups is 1. The van der Waals surface area contributed by atoms with Crippen LogP contribution in [0.3, 0.4) is 0 Å². The van der Waals surface area contributed by atoms with Crippen molar-refractivity contribution in [3.05, 3.63) is 92.9 Å². The van der Waals surface area contributed by atoms with Gasteiger partial charge in [0.2, 0.25) is 5.91 Å². The van der Waals surface area contributed by atoms with Crippen molar-refractivity contribution in [3.8, 4) is 22.9 Å². The molecule has 0 aliphatic carbocycles. The van der Waals surface area contributed by atoms with Crippen molar-refractivity contribution in [2.75, 3.05) is 24.8 Å². The Hall–Kier alpha value is -4.00. The van der Waals surface area contributed by atoms with Crippen molar-refractivity contribution >= 4 is 57.3 Å². The average Bonchev–Trinajstić information content (AvgIpc) is 3.29. The molecule has 0 bridgehead atoms. The Morgan fingerprint density at radius 3 is 2.45 bits per heavy atom. The minimum atomic E-state index is -0.435. The number of amides is 1. The molecule has 0 spiro atoms. The molecule has 0 aliphatic heterocycles. The number of benzene rings is 3. The van der Waals surface area contributed by atoms with Gasteiger partial charge in [-0.3, -0.25) is 18.7 Å². The predicted octanol–water partition coefficient (Wildman–Crippen LogP) is 6.24. The molecule has 12 heteroatoms. The zero-order chi connectivity index (χ0) is 28.2. The van der Waals surface area contributed by atoms with Crippen LogP contribution in [0, 0.1) is 9.77 Å². The van der Waals surface area contributed by atoms with Crippen LogP contribution in [-0.4, -0.2) is 39.5 Å². The molecule has 0 atom stereocenters. The molecule has 2 heterocycles. The number of nitrogens with zero attached hydrogens (tertiary/aromatic N) is 3. The van der Waals surface area contributed by atoms with E-state index < -0.39 is 5.82 Å². The third kappa shape index (κ3) is 5.79. The summed E-state index contributed by atoms with van der Waals surface area (Å²) in [4.78, 5) is 31.4. The number of thioether (sulfide) groups is 1. The number of halogens is 1. The molecule has 0 fully saturated rings. The normalized spacial score (nSPS) is 11.0. The first-order valence-corrected chi connectivity index (χ1v) is 14.3. The lowest BCUT2D eigenvalue weighted by Crippen LogP contribution is -2.22. The second kappa shape index (κ2) is 12.0. The first-order chi connectivity index (χ1) is 19.4. The van der Waals surface area contributed by atoms with E-state index >= 15 is 0 Å². The van der Waals surface area contributed by atoms with Gasteiger partial charge in [-0.15, -0.1) is 0 Å². The molecule has 0 saturated heterocycles. The Morgan fingerprint density at radius 2 is 1.75 bits per heavy atom. The van der Waals surface area contributed by atoms with Crippen molar-refractivity contribution in [2.45, 2.75) is 12.1 Å². The molecule has 8 nitrogen and oxygen atoms in total.